The molecular formula is C13H13FN2O. The predicted molar refractivity (Wildman–Crippen MR) is 65.3 cm³/mol. The summed E-state index contributed by atoms with van der Waals surface area (Å²) in [6, 6.07) is 7.89. The van der Waals surface area contributed by atoms with E-state index in [1.165, 1.54) is 12.1 Å². The highest BCUT2D eigenvalue weighted by atomic mass is 19.1. The average molecular weight is 232 g/mol. The zero-order valence-corrected chi connectivity index (χ0v) is 9.70. The monoisotopic (exact) mass is 232 g/mol. The fourth-order valence-electron chi connectivity index (χ4n) is 1.76. The van der Waals surface area contributed by atoms with E-state index in [1.54, 1.807) is 19.2 Å². The quantitative estimate of drug-likeness (QED) is 0.866. The van der Waals surface area contributed by atoms with Crippen molar-refractivity contribution in [2.75, 3.05) is 12.8 Å². The number of benzene rings is 1. The van der Waals surface area contributed by atoms with Crippen LogP contribution in [0.2, 0.25) is 0 Å². The van der Waals surface area contributed by atoms with Crippen LogP contribution in [-0.2, 0) is 0 Å². The van der Waals surface area contributed by atoms with Crippen molar-refractivity contribution in [2.45, 2.75) is 6.92 Å². The summed E-state index contributed by atoms with van der Waals surface area (Å²) in [7, 11) is 1.55. The van der Waals surface area contributed by atoms with Crippen LogP contribution >= 0.6 is 0 Å². The number of rotatable bonds is 2. The number of hydrogen-bond acceptors (Lipinski definition) is 3. The average Bonchev–Trinajstić information content (AvgIpc) is 2.29. The van der Waals surface area contributed by atoms with E-state index in [-0.39, 0.29) is 5.82 Å². The molecule has 0 bridgehead atoms. The molecule has 1 aromatic heterocycles. The largest absolute Gasteiger partial charge is 0.496 e. The SMILES string of the molecule is COc1ccc(F)cc1-c1ccc(N)nc1C. The maximum Gasteiger partial charge on any atom is 0.126 e. The molecule has 0 aliphatic heterocycles. The third-order valence-electron chi connectivity index (χ3n) is 2.56. The highest BCUT2D eigenvalue weighted by molar-refractivity contribution is 5.73. The maximum absolute atomic E-state index is 13.3. The van der Waals surface area contributed by atoms with Crippen LogP contribution in [0.5, 0.6) is 5.75 Å². The molecule has 4 heteroatoms. The zero-order valence-electron chi connectivity index (χ0n) is 9.70. The van der Waals surface area contributed by atoms with Crippen LogP contribution in [0.15, 0.2) is 30.3 Å². The van der Waals surface area contributed by atoms with E-state index < -0.39 is 0 Å². The van der Waals surface area contributed by atoms with Crippen LogP contribution in [0, 0.1) is 12.7 Å². The summed E-state index contributed by atoms with van der Waals surface area (Å²) in [4.78, 5) is 4.15. The fraction of sp³-hybridized carbons (Fsp3) is 0.154. The Bertz CT molecular complexity index is 555. The van der Waals surface area contributed by atoms with Gasteiger partial charge in [0, 0.05) is 16.8 Å². The molecular weight excluding hydrogens is 219 g/mol. The van der Waals surface area contributed by atoms with Gasteiger partial charge in [0.2, 0.25) is 0 Å². The van der Waals surface area contributed by atoms with Gasteiger partial charge in [0.1, 0.15) is 17.4 Å². The molecule has 0 spiro atoms. The second-order valence-corrected chi connectivity index (χ2v) is 3.71. The highest BCUT2D eigenvalue weighted by Gasteiger charge is 2.10. The lowest BCUT2D eigenvalue weighted by atomic mass is 10.0. The first kappa shape index (κ1) is 11.4. The molecule has 1 heterocycles. The van der Waals surface area contributed by atoms with Crippen molar-refractivity contribution in [3.8, 4) is 16.9 Å². The third kappa shape index (κ3) is 2.20. The normalized spacial score (nSPS) is 10.3. The molecule has 0 saturated heterocycles. The van der Waals surface area contributed by atoms with Crippen molar-refractivity contribution in [3.05, 3.63) is 41.8 Å². The summed E-state index contributed by atoms with van der Waals surface area (Å²) in [5, 5.41) is 0. The summed E-state index contributed by atoms with van der Waals surface area (Å²) >= 11 is 0. The van der Waals surface area contributed by atoms with Crippen molar-refractivity contribution in [2.24, 2.45) is 0 Å². The molecule has 0 unspecified atom stereocenters. The van der Waals surface area contributed by atoms with Gasteiger partial charge in [-0.1, -0.05) is 0 Å². The zero-order chi connectivity index (χ0) is 12.4. The molecule has 0 atom stereocenters. The lowest BCUT2D eigenvalue weighted by Crippen LogP contribution is -1.96. The van der Waals surface area contributed by atoms with E-state index in [9.17, 15) is 4.39 Å². The summed E-state index contributed by atoms with van der Waals surface area (Å²) in [6.07, 6.45) is 0. The second-order valence-electron chi connectivity index (χ2n) is 3.71. The standard InChI is InChI=1S/C13H13FN2O/c1-8-10(4-6-13(15)16-8)11-7-9(14)3-5-12(11)17-2/h3-7H,1-2H3,(H2,15,16). The number of halogens is 1. The fourth-order valence-corrected chi connectivity index (χ4v) is 1.76. The van der Waals surface area contributed by atoms with Crippen molar-refractivity contribution < 1.29 is 9.13 Å². The van der Waals surface area contributed by atoms with Gasteiger partial charge in [-0.05, 0) is 37.3 Å². The number of hydrogen-bond donors (Lipinski definition) is 1. The van der Waals surface area contributed by atoms with Gasteiger partial charge in [-0.2, -0.15) is 0 Å². The lowest BCUT2D eigenvalue weighted by molar-refractivity contribution is 0.415. The van der Waals surface area contributed by atoms with Crippen LogP contribution in [0.3, 0.4) is 0 Å². The van der Waals surface area contributed by atoms with E-state index >= 15 is 0 Å². The van der Waals surface area contributed by atoms with Crippen molar-refractivity contribution in [1.29, 1.82) is 0 Å². The van der Waals surface area contributed by atoms with Gasteiger partial charge in [0.25, 0.3) is 0 Å². The molecule has 0 amide bonds. The Morgan fingerprint density at radius 1 is 1.18 bits per heavy atom. The number of aromatic nitrogens is 1. The molecule has 0 radical (unpaired) electrons. The van der Waals surface area contributed by atoms with Crippen molar-refractivity contribution in [3.63, 3.8) is 0 Å². The number of anilines is 1. The topological polar surface area (TPSA) is 48.1 Å². The van der Waals surface area contributed by atoms with E-state index in [2.05, 4.69) is 4.98 Å². The van der Waals surface area contributed by atoms with Crippen LogP contribution in [-0.4, -0.2) is 12.1 Å². The van der Waals surface area contributed by atoms with E-state index in [0.29, 0.717) is 17.1 Å². The van der Waals surface area contributed by atoms with E-state index in [4.69, 9.17) is 10.5 Å². The number of nitrogens with zero attached hydrogens (tertiary/aromatic N) is 1. The predicted octanol–water partition coefficient (Wildman–Crippen LogP) is 2.79. The molecule has 17 heavy (non-hydrogen) atoms. The van der Waals surface area contributed by atoms with Crippen LogP contribution < -0.4 is 10.5 Å². The molecule has 2 aromatic rings. The number of methoxy groups -OCH3 is 1. The minimum atomic E-state index is -0.308. The minimum Gasteiger partial charge on any atom is -0.496 e. The van der Waals surface area contributed by atoms with Crippen LogP contribution in [0.25, 0.3) is 11.1 Å². The van der Waals surface area contributed by atoms with Gasteiger partial charge in [0.15, 0.2) is 0 Å². The Hall–Kier alpha value is -2.10. The molecule has 1 aromatic carbocycles. The van der Waals surface area contributed by atoms with Crippen LogP contribution in [0.4, 0.5) is 10.2 Å². The molecule has 0 aliphatic carbocycles. The number of pyridine rings is 1. The molecule has 2 N–H and O–H groups in total. The van der Waals surface area contributed by atoms with Gasteiger partial charge in [-0.25, -0.2) is 9.37 Å². The first-order valence-corrected chi connectivity index (χ1v) is 5.19. The molecule has 88 valence electrons. The Kier molecular flexibility index (Phi) is 2.95. The first-order chi connectivity index (χ1) is 8.11. The Morgan fingerprint density at radius 2 is 1.94 bits per heavy atom. The third-order valence-corrected chi connectivity index (χ3v) is 2.56. The molecule has 0 aliphatic rings. The Balaban J connectivity index is 2.62. The van der Waals surface area contributed by atoms with Gasteiger partial charge >= 0.3 is 0 Å². The van der Waals surface area contributed by atoms with Gasteiger partial charge in [-0.15, -0.1) is 0 Å². The van der Waals surface area contributed by atoms with E-state index in [1.807, 2.05) is 13.0 Å². The smallest absolute Gasteiger partial charge is 0.126 e. The molecule has 0 saturated carbocycles. The minimum absolute atomic E-state index is 0.308. The molecule has 3 nitrogen and oxygen atoms in total. The number of nitrogen functional groups attached to an aromatic ring is 1. The number of aryl methyl sites for hydroxylation is 1. The van der Waals surface area contributed by atoms with Gasteiger partial charge < -0.3 is 10.5 Å². The number of nitrogens with two attached hydrogens (primary N) is 1. The molecule has 2 rings (SSSR count). The van der Waals surface area contributed by atoms with Crippen molar-refractivity contribution in [1.82, 2.24) is 4.98 Å². The summed E-state index contributed by atoms with van der Waals surface area (Å²) in [5.74, 6) is 0.750. The highest BCUT2D eigenvalue weighted by Crippen LogP contribution is 2.32. The van der Waals surface area contributed by atoms with Gasteiger partial charge in [0.05, 0.1) is 7.11 Å². The summed E-state index contributed by atoms with van der Waals surface area (Å²) in [5.41, 5.74) is 7.83. The lowest BCUT2D eigenvalue weighted by Gasteiger charge is -2.11. The second kappa shape index (κ2) is 4.41. The van der Waals surface area contributed by atoms with Gasteiger partial charge in [-0.3, -0.25) is 0 Å². The van der Waals surface area contributed by atoms with Crippen LogP contribution in [0.1, 0.15) is 5.69 Å². The van der Waals surface area contributed by atoms with Crippen molar-refractivity contribution >= 4 is 5.82 Å². The Labute approximate surface area is 99.1 Å². The van der Waals surface area contributed by atoms with E-state index in [0.717, 1.165) is 11.3 Å². The summed E-state index contributed by atoms with van der Waals surface area (Å²) in [6.45, 7) is 1.83. The maximum atomic E-state index is 13.3. The number of ether oxygens (including phenoxy) is 1. The Morgan fingerprint density at radius 3 is 2.59 bits per heavy atom. The summed E-state index contributed by atoms with van der Waals surface area (Å²) < 4.78 is 18.5. The first-order valence-electron chi connectivity index (χ1n) is 5.19. The molecule has 0 fully saturated rings.